The first kappa shape index (κ1) is 14.7. The Bertz CT molecular complexity index is 530. The van der Waals surface area contributed by atoms with Crippen molar-refractivity contribution < 1.29 is 0 Å². The summed E-state index contributed by atoms with van der Waals surface area (Å²) in [5, 5.41) is 1.38. The van der Waals surface area contributed by atoms with E-state index in [4.69, 9.17) is 0 Å². The average molecular weight is 258 g/mol. The highest BCUT2D eigenvalue weighted by atomic mass is 32.1. The van der Waals surface area contributed by atoms with Gasteiger partial charge in [0.25, 0.3) is 0 Å². The van der Waals surface area contributed by atoms with Gasteiger partial charge in [-0.15, -0.1) is 11.3 Å². The Kier molecular flexibility index (Phi) is 6.45. The molecule has 1 aromatic heterocycles. The summed E-state index contributed by atoms with van der Waals surface area (Å²) < 4.78 is 1.38. The minimum Gasteiger partial charge on any atom is -0.135 e. The first-order chi connectivity index (χ1) is 8.95. The van der Waals surface area contributed by atoms with Crippen molar-refractivity contribution in [2.75, 3.05) is 0 Å². The predicted molar refractivity (Wildman–Crippen MR) is 87.2 cm³/mol. The van der Waals surface area contributed by atoms with Crippen LogP contribution in [0.3, 0.4) is 0 Å². The molecule has 0 unspecified atom stereocenters. The third-order valence-corrected chi connectivity index (χ3v) is 3.64. The molecule has 1 aliphatic rings. The molecular formula is C17H22S. The molecule has 1 heterocycles. The molecule has 0 N–H and O–H groups in total. The molecule has 0 atom stereocenters. The van der Waals surface area contributed by atoms with Gasteiger partial charge in [0.05, 0.1) is 0 Å². The number of fused-ring (bicyclic) bond motifs is 3. The van der Waals surface area contributed by atoms with Crippen LogP contribution in [-0.4, -0.2) is 0 Å². The first-order valence-corrected chi connectivity index (χ1v) is 7.61. The Morgan fingerprint density at radius 1 is 0.889 bits per heavy atom. The maximum absolute atomic E-state index is 2.24. The monoisotopic (exact) mass is 258 g/mol. The standard InChI is InChI=1S/C13H10S.2C2H6/c1-2-6-10-11-7-4-5-9-13(11)14-12(10)8-3-1;2*1-2/h2-9H,1H2;2*1-2H3. The van der Waals surface area contributed by atoms with Crippen LogP contribution in [0.15, 0.2) is 36.4 Å². The molecule has 0 spiro atoms. The van der Waals surface area contributed by atoms with Crippen LogP contribution in [0.4, 0.5) is 0 Å². The lowest BCUT2D eigenvalue weighted by Gasteiger charge is -1.91. The summed E-state index contributed by atoms with van der Waals surface area (Å²) in [5.41, 5.74) is 1.39. The Morgan fingerprint density at radius 3 is 2.33 bits per heavy atom. The first-order valence-electron chi connectivity index (χ1n) is 6.80. The Balaban J connectivity index is 0.000000371. The molecule has 0 aliphatic heterocycles. The molecule has 18 heavy (non-hydrogen) atoms. The number of benzene rings is 1. The number of allylic oxidation sites excluding steroid dienone is 2. The van der Waals surface area contributed by atoms with Crippen LogP contribution < -0.4 is 0 Å². The normalized spacial score (nSPS) is 11.8. The molecule has 0 nitrogen and oxygen atoms in total. The van der Waals surface area contributed by atoms with E-state index in [2.05, 4.69) is 48.6 Å². The van der Waals surface area contributed by atoms with Crippen LogP contribution in [0, 0.1) is 0 Å². The summed E-state index contributed by atoms with van der Waals surface area (Å²) in [7, 11) is 0. The molecule has 0 saturated heterocycles. The number of hydrogen-bond donors (Lipinski definition) is 0. The van der Waals surface area contributed by atoms with E-state index in [0.29, 0.717) is 0 Å². The van der Waals surface area contributed by atoms with Crippen molar-refractivity contribution in [3.8, 4) is 0 Å². The largest absolute Gasteiger partial charge is 0.135 e. The minimum absolute atomic E-state index is 1.05. The lowest BCUT2D eigenvalue weighted by Crippen LogP contribution is -1.69. The quantitative estimate of drug-likeness (QED) is 0.514. The zero-order chi connectivity index (χ0) is 13.4. The summed E-state index contributed by atoms with van der Waals surface area (Å²) >= 11 is 1.87. The smallest absolute Gasteiger partial charge is 0.0355 e. The van der Waals surface area contributed by atoms with Gasteiger partial charge in [-0.25, -0.2) is 0 Å². The molecule has 1 aliphatic carbocycles. The molecule has 0 saturated carbocycles. The lowest BCUT2D eigenvalue weighted by atomic mass is 10.1. The molecule has 0 radical (unpaired) electrons. The predicted octanol–water partition coefficient (Wildman–Crippen LogP) is 6.38. The van der Waals surface area contributed by atoms with Crippen LogP contribution in [0.25, 0.3) is 22.2 Å². The summed E-state index contributed by atoms with van der Waals surface area (Å²) in [6.07, 6.45) is 9.98. The summed E-state index contributed by atoms with van der Waals surface area (Å²) in [6.45, 7) is 8.00. The van der Waals surface area contributed by atoms with E-state index in [0.717, 1.165) is 6.42 Å². The zero-order valence-electron chi connectivity index (χ0n) is 11.7. The third-order valence-electron chi connectivity index (χ3n) is 2.49. The van der Waals surface area contributed by atoms with Gasteiger partial charge in [0.2, 0.25) is 0 Å². The van der Waals surface area contributed by atoms with Gasteiger partial charge in [0, 0.05) is 15.0 Å². The number of rotatable bonds is 0. The van der Waals surface area contributed by atoms with Gasteiger partial charge in [-0.1, -0.05) is 64.1 Å². The Morgan fingerprint density at radius 2 is 1.56 bits per heavy atom. The maximum atomic E-state index is 2.24. The molecule has 1 heteroatoms. The van der Waals surface area contributed by atoms with Crippen LogP contribution in [-0.2, 0) is 0 Å². The zero-order valence-corrected chi connectivity index (χ0v) is 12.6. The van der Waals surface area contributed by atoms with Crippen LogP contribution in [0.5, 0.6) is 0 Å². The van der Waals surface area contributed by atoms with Gasteiger partial charge in [-0.3, -0.25) is 0 Å². The summed E-state index contributed by atoms with van der Waals surface area (Å²) in [6, 6.07) is 8.60. The topological polar surface area (TPSA) is 0 Å². The van der Waals surface area contributed by atoms with E-state index in [1.54, 1.807) is 0 Å². The van der Waals surface area contributed by atoms with Crippen LogP contribution in [0.1, 0.15) is 44.6 Å². The van der Waals surface area contributed by atoms with E-state index >= 15 is 0 Å². The van der Waals surface area contributed by atoms with Gasteiger partial charge in [-0.05, 0) is 24.1 Å². The van der Waals surface area contributed by atoms with E-state index < -0.39 is 0 Å². The highest BCUT2D eigenvalue weighted by Gasteiger charge is 2.07. The molecule has 96 valence electrons. The van der Waals surface area contributed by atoms with Gasteiger partial charge < -0.3 is 0 Å². The Hall–Kier alpha value is -1.34. The fourth-order valence-electron chi connectivity index (χ4n) is 1.82. The molecule has 3 rings (SSSR count). The van der Waals surface area contributed by atoms with Crippen molar-refractivity contribution in [1.29, 1.82) is 0 Å². The van der Waals surface area contributed by atoms with Crippen molar-refractivity contribution in [2.45, 2.75) is 34.1 Å². The highest BCUT2D eigenvalue weighted by Crippen LogP contribution is 2.34. The van der Waals surface area contributed by atoms with Gasteiger partial charge in [-0.2, -0.15) is 0 Å². The lowest BCUT2D eigenvalue weighted by molar-refractivity contribution is 1.44. The number of thiophene rings is 1. The van der Waals surface area contributed by atoms with E-state index in [1.807, 2.05) is 39.0 Å². The molecular weight excluding hydrogens is 236 g/mol. The highest BCUT2D eigenvalue weighted by molar-refractivity contribution is 7.20. The van der Waals surface area contributed by atoms with Crippen molar-refractivity contribution in [1.82, 2.24) is 0 Å². The summed E-state index contributed by atoms with van der Waals surface area (Å²) in [5.74, 6) is 0. The second-order valence-corrected chi connectivity index (χ2v) is 4.50. The van der Waals surface area contributed by atoms with Crippen molar-refractivity contribution in [3.63, 3.8) is 0 Å². The Labute approximate surface area is 115 Å². The van der Waals surface area contributed by atoms with E-state index in [9.17, 15) is 0 Å². The van der Waals surface area contributed by atoms with E-state index in [1.165, 1.54) is 20.5 Å². The number of hydrogen-bond acceptors (Lipinski definition) is 1. The molecule has 0 bridgehead atoms. The second-order valence-electron chi connectivity index (χ2n) is 3.42. The van der Waals surface area contributed by atoms with Crippen molar-refractivity contribution >= 4 is 33.6 Å². The van der Waals surface area contributed by atoms with E-state index in [-0.39, 0.29) is 0 Å². The molecule has 0 amide bonds. The van der Waals surface area contributed by atoms with Crippen molar-refractivity contribution in [2.24, 2.45) is 0 Å². The van der Waals surface area contributed by atoms with Gasteiger partial charge in [0.1, 0.15) is 0 Å². The van der Waals surface area contributed by atoms with Crippen LogP contribution >= 0.6 is 11.3 Å². The van der Waals surface area contributed by atoms with Gasteiger partial charge >= 0.3 is 0 Å². The third kappa shape index (κ3) is 3.11. The fourth-order valence-corrected chi connectivity index (χ4v) is 2.94. The molecule has 1 aromatic carbocycles. The molecule has 0 fully saturated rings. The summed E-state index contributed by atoms with van der Waals surface area (Å²) in [4.78, 5) is 1.39. The molecule has 2 aromatic rings. The second kappa shape index (κ2) is 7.88. The maximum Gasteiger partial charge on any atom is 0.0355 e. The fraction of sp³-hybridized carbons (Fsp3) is 0.294. The average Bonchev–Trinajstić information content (AvgIpc) is 2.65. The van der Waals surface area contributed by atoms with Crippen LogP contribution in [0.2, 0.25) is 0 Å². The SMILES string of the molecule is C1=Cc2sc3ccccc3c2C=CC1.CC.CC. The minimum atomic E-state index is 1.05. The van der Waals surface area contributed by atoms with Crippen molar-refractivity contribution in [3.05, 3.63) is 46.9 Å². The van der Waals surface area contributed by atoms with Gasteiger partial charge in [0.15, 0.2) is 0 Å².